The molecule has 0 atom stereocenters. The Labute approximate surface area is 223 Å². The van der Waals surface area contributed by atoms with Gasteiger partial charge in [0.1, 0.15) is 6.54 Å². The summed E-state index contributed by atoms with van der Waals surface area (Å²) in [4.78, 5) is 30.4. The second-order valence-electron chi connectivity index (χ2n) is 13.5. The van der Waals surface area contributed by atoms with Gasteiger partial charge in [0, 0.05) is 47.3 Å². The zero-order valence-corrected chi connectivity index (χ0v) is 24.7. The first-order valence-electron chi connectivity index (χ1n) is 13.8. The van der Waals surface area contributed by atoms with Crippen molar-refractivity contribution in [3.8, 4) is 0 Å². The van der Waals surface area contributed by atoms with Crippen molar-refractivity contribution in [1.82, 2.24) is 25.6 Å². The SMILES string of the molecule is CCN(c1nc(NCC(=O)O)nc(N(CC)C2CC(C)(C)NC(C)(C)C2)n1)C1CC(C)(C)NC(C)(C)C1. The van der Waals surface area contributed by atoms with Crippen molar-refractivity contribution in [3.05, 3.63) is 0 Å². The molecule has 210 valence electrons. The molecule has 0 aromatic carbocycles. The second kappa shape index (κ2) is 10.5. The van der Waals surface area contributed by atoms with E-state index in [1.165, 1.54) is 0 Å². The largest absolute Gasteiger partial charge is 0.480 e. The van der Waals surface area contributed by atoms with Crippen LogP contribution in [0.25, 0.3) is 0 Å². The van der Waals surface area contributed by atoms with Crippen LogP contribution < -0.4 is 25.8 Å². The third kappa shape index (κ3) is 7.66. The second-order valence-corrected chi connectivity index (χ2v) is 13.5. The van der Waals surface area contributed by atoms with Crippen molar-refractivity contribution >= 4 is 23.8 Å². The molecule has 1 aromatic rings. The fraction of sp³-hybridized carbons (Fsp3) is 0.852. The van der Waals surface area contributed by atoms with Crippen molar-refractivity contribution in [2.45, 2.75) is 129 Å². The molecule has 2 aliphatic heterocycles. The van der Waals surface area contributed by atoms with Crippen LogP contribution in [-0.2, 0) is 4.79 Å². The van der Waals surface area contributed by atoms with E-state index in [0.29, 0.717) is 17.8 Å². The van der Waals surface area contributed by atoms with Crippen LogP contribution in [-0.4, -0.2) is 79.9 Å². The predicted octanol–water partition coefficient (Wildman–Crippen LogP) is 3.64. The summed E-state index contributed by atoms with van der Waals surface area (Å²) in [5.74, 6) is 0.556. The van der Waals surface area contributed by atoms with Crippen LogP contribution in [0.3, 0.4) is 0 Å². The Morgan fingerprint density at radius 1 is 0.784 bits per heavy atom. The Morgan fingerprint density at radius 3 is 1.43 bits per heavy atom. The van der Waals surface area contributed by atoms with Gasteiger partial charge in [-0.1, -0.05) is 0 Å². The lowest BCUT2D eigenvalue weighted by molar-refractivity contribution is -0.134. The Kier molecular flexibility index (Phi) is 8.34. The zero-order valence-electron chi connectivity index (χ0n) is 24.7. The topological polar surface area (TPSA) is 119 Å². The maximum Gasteiger partial charge on any atom is 0.322 e. The number of carboxylic acids is 1. The number of carbonyl (C=O) groups is 1. The van der Waals surface area contributed by atoms with Gasteiger partial charge in [0.15, 0.2) is 0 Å². The fourth-order valence-electron chi connectivity index (χ4n) is 6.95. The van der Waals surface area contributed by atoms with E-state index in [4.69, 9.17) is 15.0 Å². The number of hydrogen-bond donors (Lipinski definition) is 4. The molecule has 0 radical (unpaired) electrons. The van der Waals surface area contributed by atoms with Gasteiger partial charge in [-0.2, -0.15) is 15.0 Å². The number of aromatic nitrogens is 3. The van der Waals surface area contributed by atoms with Gasteiger partial charge in [-0.15, -0.1) is 0 Å². The number of nitrogens with one attached hydrogen (secondary N) is 3. The first kappa shape index (κ1) is 29.4. The normalized spacial score (nSPS) is 22.9. The first-order chi connectivity index (χ1) is 16.9. The minimum absolute atomic E-state index is 0.0260. The van der Waals surface area contributed by atoms with E-state index in [1.54, 1.807) is 0 Å². The number of aliphatic carboxylic acids is 1. The van der Waals surface area contributed by atoms with Crippen molar-refractivity contribution in [2.24, 2.45) is 0 Å². The summed E-state index contributed by atoms with van der Waals surface area (Å²) in [6, 6.07) is 0.483. The number of carboxylic acid groups (broad SMARTS) is 1. The van der Waals surface area contributed by atoms with Crippen LogP contribution in [0.1, 0.15) is 94.9 Å². The smallest absolute Gasteiger partial charge is 0.322 e. The number of piperidine rings is 2. The summed E-state index contributed by atoms with van der Waals surface area (Å²) in [6.45, 7) is 23.5. The van der Waals surface area contributed by atoms with Gasteiger partial charge in [-0.05, 0) is 94.9 Å². The number of anilines is 3. The highest BCUT2D eigenvalue weighted by molar-refractivity contribution is 5.72. The highest BCUT2D eigenvalue weighted by atomic mass is 16.4. The van der Waals surface area contributed by atoms with E-state index < -0.39 is 5.97 Å². The molecule has 2 saturated heterocycles. The molecule has 0 amide bonds. The summed E-state index contributed by atoms with van der Waals surface area (Å²) in [5.41, 5.74) is -0.104. The third-order valence-electron chi connectivity index (χ3n) is 7.42. The Morgan fingerprint density at radius 2 is 1.14 bits per heavy atom. The first-order valence-corrected chi connectivity index (χ1v) is 13.8. The van der Waals surface area contributed by atoms with Crippen LogP contribution in [0.4, 0.5) is 17.8 Å². The highest BCUT2D eigenvalue weighted by Crippen LogP contribution is 2.35. The minimum Gasteiger partial charge on any atom is -0.480 e. The van der Waals surface area contributed by atoms with E-state index in [-0.39, 0.29) is 40.8 Å². The summed E-state index contributed by atoms with van der Waals surface area (Å²) < 4.78 is 0. The third-order valence-corrected chi connectivity index (χ3v) is 7.42. The molecular weight excluding hydrogens is 468 g/mol. The number of rotatable bonds is 9. The van der Waals surface area contributed by atoms with E-state index in [0.717, 1.165) is 38.8 Å². The molecule has 0 bridgehead atoms. The Hall–Kier alpha value is -2.20. The lowest BCUT2D eigenvalue weighted by Gasteiger charge is -2.50. The van der Waals surface area contributed by atoms with Gasteiger partial charge in [0.2, 0.25) is 17.8 Å². The Balaban J connectivity index is 2.03. The molecule has 2 fully saturated rings. The Bertz CT molecular complexity index is 865. The molecule has 2 aliphatic rings. The van der Waals surface area contributed by atoms with E-state index in [1.807, 2.05) is 0 Å². The molecule has 10 nitrogen and oxygen atoms in total. The maximum atomic E-state index is 11.3. The zero-order chi connectivity index (χ0) is 27.8. The van der Waals surface area contributed by atoms with E-state index in [2.05, 4.69) is 95.0 Å². The van der Waals surface area contributed by atoms with Crippen LogP contribution in [0, 0.1) is 0 Å². The van der Waals surface area contributed by atoms with Gasteiger partial charge in [0.05, 0.1) is 0 Å². The quantitative estimate of drug-likeness (QED) is 0.386. The van der Waals surface area contributed by atoms with Crippen LogP contribution in [0.15, 0.2) is 0 Å². The molecule has 3 rings (SSSR count). The summed E-state index contributed by atoms with van der Waals surface area (Å²) >= 11 is 0. The summed E-state index contributed by atoms with van der Waals surface area (Å²) in [7, 11) is 0. The average Bonchev–Trinajstić information content (AvgIpc) is 2.69. The molecule has 0 aliphatic carbocycles. The van der Waals surface area contributed by atoms with Gasteiger partial charge >= 0.3 is 5.97 Å². The van der Waals surface area contributed by atoms with Crippen molar-refractivity contribution < 1.29 is 9.90 Å². The van der Waals surface area contributed by atoms with Crippen molar-refractivity contribution in [2.75, 3.05) is 34.8 Å². The van der Waals surface area contributed by atoms with Crippen LogP contribution in [0.2, 0.25) is 0 Å². The molecule has 0 spiro atoms. The average molecular weight is 519 g/mol. The van der Waals surface area contributed by atoms with Gasteiger partial charge in [0.25, 0.3) is 0 Å². The summed E-state index contributed by atoms with van der Waals surface area (Å²) in [5, 5.41) is 19.7. The van der Waals surface area contributed by atoms with Gasteiger partial charge < -0.3 is 30.9 Å². The number of hydrogen-bond acceptors (Lipinski definition) is 9. The maximum absolute atomic E-state index is 11.3. The predicted molar refractivity (Wildman–Crippen MR) is 151 cm³/mol. The minimum atomic E-state index is -0.952. The lowest BCUT2D eigenvalue weighted by atomic mass is 9.79. The fourth-order valence-corrected chi connectivity index (χ4v) is 6.95. The van der Waals surface area contributed by atoms with Gasteiger partial charge in [-0.3, -0.25) is 4.79 Å². The summed E-state index contributed by atoms with van der Waals surface area (Å²) in [6.07, 6.45) is 3.82. The van der Waals surface area contributed by atoms with Crippen molar-refractivity contribution in [3.63, 3.8) is 0 Å². The standard InChI is InChI=1S/C27H50N8O2/c1-11-34(18-13-24(3,4)32-25(5,6)14-18)22-29-21(28-17-20(36)37)30-23(31-22)35(12-2)19-15-26(7,8)33-27(9,10)16-19/h18-19,32-33H,11-17H2,1-10H3,(H,36,37)(H,28,29,30,31). The molecule has 10 heteroatoms. The number of nitrogens with zero attached hydrogens (tertiary/aromatic N) is 5. The molecule has 4 N–H and O–H groups in total. The molecular formula is C27H50N8O2. The molecule has 3 heterocycles. The van der Waals surface area contributed by atoms with Crippen LogP contribution >= 0.6 is 0 Å². The monoisotopic (exact) mass is 518 g/mol. The van der Waals surface area contributed by atoms with Crippen molar-refractivity contribution in [1.29, 1.82) is 0 Å². The molecule has 1 aromatic heterocycles. The molecule has 37 heavy (non-hydrogen) atoms. The lowest BCUT2D eigenvalue weighted by Crippen LogP contribution is -2.62. The highest BCUT2D eigenvalue weighted by Gasteiger charge is 2.42. The molecule has 0 saturated carbocycles. The van der Waals surface area contributed by atoms with Crippen LogP contribution in [0.5, 0.6) is 0 Å². The molecule has 0 unspecified atom stereocenters. The van der Waals surface area contributed by atoms with E-state index in [9.17, 15) is 9.90 Å². The van der Waals surface area contributed by atoms with Gasteiger partial charge in [-0.25, -0.2) is 0 Å². The van der Waals surface area contributed by atoms with E-state index >= 15 is 0 Å².